The molecular formula is C10H10BrFO. The Hall–Kier alpha value is -0.410. The zero-order valence-electron chi connectivity index (χ0n) is 7.06. The smallest absolute Gasteiger partial charge is 0.123 e. The number of hydrogen-bond donors (Lipinski definition) is 1. The van der Waals surface area contributed by atoms with Crippen LogP contribution in [-0.2, 0) is 5.60 Å². The van der Waals surface area contributed by atoms with Crippen molar-refractivity contribution in [2.24, 2.45) is 0 Å². The summed E-state index contributed by atoms with van der Waals surface area (Å²) in [6.45, 7) is 0. The maximum atomic E-state index is 12.9. The van der Waals surface area contributed by atoms with Crippen LogP contribution < -0.4 is 0 Å². The van der Waals surface area contributed by atoms with Gasteiger partial charge in [-0.2, -0.15) is 0 Å². The highest BCUT2D eigenvalue weighted by Crippen LogP contribution is 2.43. The van der Waals surface area contributed by atoms with Crippen molar-refractivity contribution in [1.82, 2.24) is 0 Å². The molecule has 1 nitrogen and oxygen atoms in total. The van der Waals surface area contributed by atoms with E-state index in [1.165, 1.54) is 12.1 Å². The molecule has 1 aromatic carbocycles. The first-order valence-electron chi connectivity index (χ1n) is 4.30. The Balaban J connectivity index is 2.43. The molecule has 0 aliphatic heterocycles. The molecule has 0 aromatic heterocycles. The molecule has 0 bridgehead atoms. The summed E-state index contributed by atoms with van der Waals surface area (Å²) in [4.78, 5) is 0. The van der Waals surface area contributed by atoms with Gasteiger partial charge in [-0.25, -0.2) is 4.39 Å². The second-order valence-corrected chi connectivity index (χ2v) is 4.36. The predicted molar refractivity (Wildman–Crippen MR) is 51.8 cm³/mol. The van der Waals surface area contributed by atoms with Crippen molar-refractivity contribution in [3.63, 3.8) is 0 Å². The van der Waals surface area contributed by atoms with Crippen molar-refractivity contribution < 1.29 is 9.50 Å². The molecule has 0 unspecified atom stereocenters. The highest BCUT2D eigenvalue weighted by Gasteiger charge is 2.37. The van der Waals surface area contributed by atoms with Gasteiger partial charge in [-0.05, 0) is 37.5 Å². The van der Waals surface area contributed by atoms with E-state index in [2.05, 4.69) is 15.9 Å². The number of halogens is 2. The molecule has 0 atom stereocenters. The third-order valence-electron chi connectivity index (χ3n) is 2.61. The van der Waals surface area contributed by atoms with E-state index >= 15 is 0 Å². The molecule has 0 radical (unpaired) electrons. The first-order valence-corrected chi connectivity index (χ1v) is 5.09. The van der Waals surface area contributed by atoms with Crippen LogP contribution in [0.1, 0.15) is 24.8 Å². The fourth-order valence-corrected chi connectivity index (χ4v) is 2.25. The fourth-order valence-electron chi connectivity index (χ4n) is 1.64. The van der Waals surface area contributed by atoms with E-state index in [0.717, 1.165) is 23.7 Å². The molecule has 0 heterocycles. The van der Waals surface area contributed by atoms with E-state index < -0.39 is 5.60 Å². The van der Waals surface area contributed by atoms with Crippen LogP contribution in [0.25, 0.3) is 0 Å². The zero-order chi connectivity index (χ0) is 9.47. The van der Waals surface area contributed by atoms with Crippen LogP contribution in [0.2, 0.25) is 0 Å². The summed E-state index contributed by atoms with van der Waals surface area (Å²) < 4.78 is 13.7. The van der Waals surface area contributed by atoms with Crippen molar-refractivity contribution in [2.45, 2.75) is 24.9 Å². The Morgan fingerprint density at radius 1 is 1.38 bits per heavy atom. The van der Waals surface area contributed by atoms with Crippen LogP contribution in [-0.4, -0.2) is 5.11 Å². The standard InChI is InChI=1S/C10H10BrFO/c11-9-3-2-7(12)6-8(9)10(13)4-1-5-10/h2-3,6,13H,1,4-5H2. The van der Waals surface area contributed by atoms with Crippen LogP contribution in [0.3, 0.4) is 0 Å². The van der Waals surface area contributed by atoms with Gasteiger partial charge in [-0.1, -0.05) is 15.9 Å². The molecule has 3 heteroatoms. The lowest BCUT2D eigenvalue weighted by molar-refractivity contribution is -0.0396. The Kier molecular flexibility index (Phi) is 2.16. The molecule has 1 aromatic rings. The quantitative estimate of drug-likeness (QED) is 0.806. The summed E-state index contributed by atoms with van der Waals surface area (Å²) >= 11 is 3.31. The molecule has 2 rings (SSSR count). The SMILES string of the molecule is OC1(c2cc(F)ccc2Br)CCC1. The second-order valence-electron chi connectivity index (χ2n) is 3.51. The molecule has 1 fully saturated rings. The average Bonchev–Trinajstić information content (AvgIpc) is 2.05. The van der Waals surface area contributed by atoms with Gasteiger partial charge >= 0.3 is 0 Å². The molecule has 0 saturated heterocycles. The van der Waals surface area contributed by atoms with Crippen molar-refractivity contribution in [3.8, 4) is 0 Å². The second kappa shape index (κ2) is 3.07. The normalized spacial score (nSPS) is 19.6. The van der Waals surface area contributed by atoms with Gasteiger partial charge in [0.15, 0.2) is 0 Å². The molecule has 70 valence electrons. The summed E-state index contributed by atoms with van der Waals surface area (Å²) in [6.07, 6.45) is 2.48. The lowest BCUT2D eigenvalue weighted by atomic mass is 9.75. The fraction of sp³-hybridized carbons (Fsp3) is 0.400. The molecule has 1 aliphatic carbocycles. The molecule has 13 heavy (non-hydrogen) atoms. The summed E-state index contributed by atoms with van der Waals surface area (Å²) in [7, 11) is 0. The van der Waals surface area contributed by atoms with Gasteiger partial charge in [0.2, 0.25) is 0 Å². The van der Waals surface area contributed by atoms with Crippen molar-refractivity contribution in [3.05, 3.63) is 34.1 Å². The summed E-state index contributed by atoms with van der Waals surface area (Å²) in [5.74, 6) is -0.293. The zero-order valence-corrected chi connectivity index (χ0v) is 8.64. The molecule has 1 N–H and O–H groups in total. The van der Waals surface area contributed by atoms with E-state index in [9.17, 15) is 9.50 Å². The van der Waals surface area contributed by atoms with Gasteiger partial charge in [-0.15, -0.1) is 0 Å². The monoisotopic (exact) mass is 244 g/mol. The van der Waals surface area contributed by atoms with Crippen LogP contribution in [0, 0.1) is 5.82 Å². The van der Waals surface area contributed by atoms with Crippen LogP contribution in [0.15, 0.2) is 22.7 Å². The first-order chi connectivity index (χ1) is 6.12. The topological polar surface area (TPSA) is 20.2 Å². The third kappa shape index (κ3) is 1.51. The minimum Gasteiger partial charge on any atom is -0.385 e. The van der Waals surface area contributed by atoms with Gasteiger partial charge in [0.1, 0.15) is 5.82 Å². The minimum absolute atomic E-state index is 0.293. The summed E-state index contributed by atoms with van der Waals surface area (Å²) in [6, 6.07) is 4.43. The Morgan fingerprint density at radius 2 is 2.08 bits per heavy atom. The van der Waals surface area contributed by atoms with E-state index in [1.54, 1.807) is 6.07 Å². The number of benzene rings is 1. The van der Waals surface area contributed by atoms with Crippen LogP contribution in [0.5, 0.6) is 0 Å². The van der Waals surface area contributed by atoms with E-state index in [4.69, 9.17) is 0 Å². The van der Waals surface area contributed by atoms with E-state index in [0.29, 0.717) is 5.56 Å². The van der Waals surface area contributed by atoms with E-state index in [1.807, 2.05) is 0 Å². The lowest BCUT2D eigenvalue weighted by Crippen LogP contribution is -2.34. The van der Waals surface area contributed by atoms with Crippen molar-refractivity contribution in [2.75, 3.05) is 0 Å². The molecular weight excluding hydrogens is 235 g/mol. The number of hydrogen-bond acceptors (Lipinski definition) is 1. The Bertz CT molecular complexity index is 334. The Morgan fingerprint density at radius 3 is 2.62 bits per heavy atom. The highest BCUT2D eigenvalue weighted by atomic mass is 79.9. The predicted octanol–water partition coefficient (Wildman–Crippen LogP) is 2.96. The van der Waals surface area contributed by atoms with Gasteiger partial charge < -0.3 is 5.11 Å². The number of rotatable bonds is 1. The minimum atomic E-state index is -0.791. The molecule has 0 amide bonds. The first kappa shape index (κ1) is 9.16. The van der Waals surface area contributed by atoms with E-state index in [-0.39, 0.29) is 5.82 Å². The lowest BCUT2D eigenvalue weighted by Gasteiger charge is -2.37. The molecule has 1 saturated carbocycles. The molecule has 0 spiro atoms. The van der Waals surface area contributed by atoms with Gasteiger partial charge in [-0.3, -0.25) is 0 Å². The van der Waals surface area contributed by atoms with Gasteiger partial charge in [0.05, 0.1) is 5.60 Å². The third-order valence-corrected chi connectivity index (χ3v) is 3.30. The highest BCUT2D eigenvalue weighted by molar-refractivity contribution is 9.10. The van der Waals surface area contributed by atoms with Crippen molar-refractivity contribution >= 4 is 15.9 Å². The van der Waals surface area contributed by atoms with Gasteiger partial charge in [0.25, 0.3) is 0 Å². The molecule has 1 aliphatic rings. The maximum Gasteiger partial charge on any atom is 0.123 e. The average molecular weight is 245 g/mol. The van der Waals surface area contributed by atoms with Crippen LogP contribution in [0.4, 0.5) is 4.39 Å². The van der Waals surface area contributed by atoms with Gasteiger partial charge in [0, 0.05) is 10.0 Å². The summed E-state index contributed by atoms with van der Waals surface area (Å²) in [5.41, 5.74) is -0.111. The maximum absolute atomic E-state index is 12.9. The Labute approximate surface area is 84.7 Å². The summed E-state index contributed by atoms with van der Waals surface area (Å²) in [5, 5.41) is 9.99. The number of aliphatic hydroxyl groups is 1. The largest absolute Gasteiger partial charge is 0.385 e. The van der Waals surface area contributed by atoms with Crippen LogP contribution >= 0.6 is 15.9 Å². The van der Waals surface area contributed by atoms with Crippen molar-refractivity contribution in [1.29, 1.82) is 0 Å².